The van der Waals surface area contributed by atoms with Gasteiger partial charge in [-0.3, -0.25) is 4.79 Å². The van der Waals surface area contributed by atoms with E-state index in [1.54, 1.807) is 0 Å². The molecule has 1 aromatic rings. The number of amides is 1. The maximum absolute atomic E-state index is 12.3. The average Bonchev–Trinajstić information content (AvgIpc) is 2.91. The molecule has 132 valence electrons. The summed E-state index contributed by atoms with van der Waals surface area (Å²) in [5.74, 6) is 2.15. The lowest BCUT2D eigenvalue weighted by Gasteiger charge is -2.29. The molecular formula is C19H27ClN2O2. The van der Waals surface area contributed by atoms with Crippen LogP contribution >= 0.6 is 12.4 Å². The minimum Gasteiger partial charge on any atom is -0.493 e. The molecule has 3 unspecified atom stereocenters. The van der Waals surface area contributed by atoms with Crippen molar-refractivity contribution in [3.05, 3.63) is 29.8 Å². The van der Waals surface area contributed by atoms with E-state index < -0.39 is 0 Å². The predicted octanol–water partition coefficient (Wildman–Crippen LogP) is 3.01. The third-order valence-corrected chi connectivity index (χ3v) is 5.67. The first kappa shape index (κ1) is 17.6. The van der Waals surface area contributed by atoms with E-state index in [1.807, 2.05) is 18.2 Å². The molecule has 3 heterocycles. The van der Waals surface area contributed by atoms with Crippen LogP contribution in [0.4, 0.5) is 0 Å². The van der Waals surface area contributed by atoms with E-state index in [9.17, 15) is 4.79 Å². The van der Waals surface area contributed by atoms with Gasteiger partial charge < -0.3 is 15.4 Å². The smallest absolute Gasteiger partial charge is 0.220 e. The van der Waals surface area contributed by atoms with E-state index in [4.69, 9.17) is 4.74 Å². The van der Waals surface area contributed by atoms with Crippen LogP contribution in [0, 0.1) is 5.92 Å². The molecule has 2 saturated heterocycles. The van der Waals surface area contributed by atoms with Crippen LogP contribution in [0.5, 0.6) is 5.75 Å². The molecule has 0 aromatic heterocycles. The molecule has 0 saturated carbocycles. The highest BCUT2D eigenvalue weighted by Crippen LogP contribution is 2.34. The second kappa shape index (κ2) is 7.75. The lowest BCUT2D eigenvalue weighted by molar-refractivity contribution is -0.122. The van der Waals surface area contributed by atoms with Crippen LogP contribution in [0.15, 0.2) is 24.3 Å². The van der Waals surface area contributed by atoms with Crippen molar-refractivity contribution in [2.75, 3.05) is 13.2 Å². The first-order valence-electron chi connectivity index (χ1n) is 9.02. The van der Waals surface area contributed by atoms with E-state index in [0.29, 0.717) is 30.3 Å². The predicted molar refractivity (Wildman–Crippen MR) is 96.8 cm³/mol. The number of para-hydroxylation sites is 1. The Kier molecular flexibility index (Phi) is 5.67. The van der Waals surface area contributed by atoms with Gasteiger partial charge in [0, 0.05) is 31.0 Å². The summed E-state index contributed by atoms with van der Waals surface area (Å²) in [5, 5.41) is 6.82. The van der Waals surface area contributed by atoms with Gasteiger partial charge in [0.05, 0.1) is 6.61 Å². The maximum Gasteiger partial charge on any atom is 0.220 e. The van der Waals surface area contributed by atoms with Crippen LogP contribution in [0.3, 0.4) is 0 Å². The molecule has 3 atom stereocenters. The molecule has 3 aliphatic heterocycles. The first-order valence-corrected chi connectivity index (χ1v) is 9.02. The second-order valence-corrected chi connectivity index (χ2v) is 7.36. The Morgan fingerprint density at radius 3 is 2.71 bits per heavy atom. The zero-order chi connectivity index (χ0) is 15.6. The lowest BCUT2D eigenvalue weighted by Crippen LogP contribution is -2.40. The molecule has 2 bridgehead atoms. The normalized spacial score (nSPS) is 30.7. The van der Waals surface area contributed by atoms with Crippen molar-refractivity contribution in [3.63, 3.8) is 0 Å². The number of carbonyl (C=O) groups is 1. The van der Waals surface area contributed by atoms with Crippen molar-refractivity contribution < 1.29 is 9.53 Å². The molecule has 0 radical (unpaired) electrons. The zero-order valence-corrected chi connectivity index (χ0v) is 14.8. The monoisotopic (exact) mass is 350 g/mol. The summed E-state index contributed by atoms with van der Waals surface area (Å²) in [5.41, 5.74) is 1.24. The van der Waals surface area contributed by atoms with Crippen molar-refractivity contribution >= 4 is 18.3 Å². The number of piperidine rings is 1. The van der Waals surface area contributed by atoms with Crippen LogP contribution in [-0.4, -0.2) is 31.1 Å². The van der Waals surface area contributed by atoms with Crippen molar-refractivity contribution in [2.24, 2.45) is 5.92 Å². The molecule has 2 fully saturated rings. The van der Waals surface area contributed by atoms with Gasteiger partial charge in [-0.05, 0) is 49.7 Å². The number of fused-ring (bicyclic) bond motifs is 3. The standard InChI is InChI=1S/C19H26N2O2.ClH/c22-19(11-13-9-15-5-6-16(10-13)21-15)20-12-14-7-8-23-18-4-2-1-3-17(14)18;/h1-4,13-16,21H,5-12H2,(H,20,22);1H. The number of ether oxygens (including phenoxy) is 1. The molecule has 4 rings (SSSR count). The van der Waals surface area contributed by atoms with Crippen LogP contribution < -0.4 is 15.4 Å². The Bertz CT molecular complexity index is 568. The lowest BCUT2D eigenvalue weighted by atomic mass is 9.89. The summed E-state index contributed by atoms with van der Waals surface area (Å²) < 4.78 is 5.69. The summed E-state index contributed by atoms with van der Waals surface area (Å²) in [6, 6.07) is 9.52. The van der Waals surface area contributed by atoms with Gasteiger partial charge in [0.1, 0.15) is 5.75 Å². The van der Waals surface area contributed by atoms with Gasteiger partial charge in [0.15, 0.2) is 0 Å². The summed E-state index contributed by atoms with van der Waals surface area (Å²) >= 11 is 0. The second-order valence-electron chi connectivity index (χ2n) is 7.36. The fraction of sp³-hybridized carbons (Fsp3) is 0.632. The zero-order valence-electron chi connectivity index (χ0n) is 14.0. The Labute approximate surface area is 150 Å². The summed E-state index contributed by atoms with van der Waals surface area (Å²) in [7, 11) is 0. The molecule has 1 amide bonds. The van der Waals surface area contributed by atoms with E-state index in [-0.39, 0.29) is 18.3 Å². The molecule has 24 heavy (non-hydrogen) atoms. The van der Waals surface area contributed by atoms with Gasteiger partial charge in [-0.25, -0.2) is 0 Å². The third kappa shape index (κ3) is 3.86. The van der Waals surface area contributed by atoms with Crippen molar-refractivity contribution in [1.82, 2.24) is 10.6 Å². The molecular weight excluding hydrogens is 324 g/mol. The van der Waals surface area contributed by atoms with Gasteiger partial charge in [0.2, 0.25) is 5.91 Å². The third-order valence-electron chi connectivity index (χ3n) is 5.67. The number of benzene rings is 1. The molecule has 5 heteroatoms. The van der Waals surface area contributed by atoms with E-state index in [0.717, 1.165) is 25.3 Å². The van der Waals surface area contributed by atoms with Gasteiger partial charge in [-0.15, -0.1) is 12.4 Å². The summed E-state index contributed by atoms with van der Waals surface area (Å²) in [6.07, 6.45) is 6.60. The van der Waals surface area contributed by atoms with Crippen molar-refractivity contribution in [3.8, 4) is 5.75 Å². The first-order chi connectivity index (χ1) is 11.3. The summed E-state index contributed by atoms with van der Waals surface area (Å²) in [6.45, 7) is 1.48. The number of carbonyl (C=O) groups excluding carboxylic acids is 1. The van der Waals surface area contributed by atoms with E-state index >= 15 is 0 Å². The maximum atomic E-state index is 12.3. The van der Waals surface area contributed by atoms with Gasteiger partial charge in [-0.1, -0.05) is 18.2 Å². The number of rotatable bonds is 4. The van der Waals surface area contributed by atoms with Gasteiger partial charge >= 0.3 is 0 Å². The minimum absolute atomic E-state index is 0. The highest BCUT2D eigenvalue weighted by molar-refractivity contribution is 5.85. The van der Waals surface area contributed by atoms with E-state index in [1.165, 1.54) is 31.2 Å². The largest absolute Gasteiger partial charge is 0.493 e. The van der Waals surface area contributed by atoms with Gasteiger partial charge in [0.25, 0.3) is 0 Å². The number of nitrogens with one attached hydrogen (secondary N) is 2. The molecule has 2 N–H and O–H groups in total. The quantitative estimate of drug-likeness (QED) is 0.877. The van der Waals surface area contributed by atoms with Crippen LogP contribution in [0.1, 0.15) is 50.0 Å². The fourth-order valence-corrected chi connectivity index (χ4v) is 4.54. The van der Waals surface area contributed by atoms with Crippen LogP contribution in [-0.2, 0) is 4.79 Å². The van der Waals surface area contributed by atoms with Crippen LogP contribution in [0.2, 0.25) is 0 Å². The number of halogens is 1. The number of hydrogen-bond acceptors (Lipinski definition) is 3. The summed E-state index contributed by atoms with van der Waals surface area (Å²) in [4.78, 5) is 12.3. The Morgan fingerprint density at radius 2 is 1.92 bits per heavy atom. The Morgan fingerprint density at radius 1 is 1.17 bits per heavy atom. The molecule has 0 aliphatic carbocycles. The van der Waals surface area contributed by atoms with Crippen molar-refractivity contribution in [2.45, 2.75) is 56.5 Å². The SMILES string of the molecule is Cl.O=C(CC1CC2CCC(C1)N2)NCC1CCOc2ccccc21. The topological polar surface area (TPSA) is 50.4 Å². The Balaban J connectivity index is 0.00000169. The molecule has 1 aromatic carbocycles. The van der Waals surface area contributed by atoms with Gasteiger partial charge in [-0.2, -0.15) is 0 Å². The highest BCUT2D eigenvalue weighted by atomic mass is 35.5. The average molecular weight is 351 g/mol. The van der Waals surface area contributed by atoms with E-state index in [2.05, 4.69) is 16.7 Å². The highest BCUT2D eigenvalue weighted by Gasteiger charge is 2.34. The Hall–Kier alpha value is -1.26. The van der Waals surface area contributed by atoms with Crippen molar-refractivity contribution in [1.29, 1.82) is 0 Å². The molecule has 0 spiro atoms. The minimum atomic E-state index is 0. The fourth-order valence-electron chi connectivity index (χ4n) is 4.54. The number of hydrogen-bond donors (Lipinski definition) is 2. The molecule has 4 nitrogen and oxygen atoms in total. The van der Waals surface area contributed by atoms with Crippen LogP contribution in [0.25, 0.3) is 0 Å². The molecule has 3 aliphatic rings.